The van der Waals surface area contributed by atoms with E-state index >= 15 is 0 Å². The Balaban J connectivity index is 1.43. The minimum absolute atomic E-state index is 0.207. The molecule has 0 saturated heterocycles. The quantitative estimate of drug-likeness (QED) is 0.396. The maximum absolute atomic E-state index is 12.7. The van der Waals surface area contributed by atoms with Crippen molar-refractivity contribution >= 4 is 16.9 Å². The van der Waals surface area contributed by atoms with Crippen LogP contribution >= 0.6 is 0 Å². The molecule has 0 aliphatic heterocycles. The van der Waals surface area contributed by atoms with Crippen molar-refractivity contribution < 1.29 is 13.9 Å². The lowest BCUT2D eigenvalue weighted by Gasteiger charge is -2.09. The molecular weight excluding hydrogens is 386 g/mol. The lowest BCUT2D eigenvalue weighted by molar-refractivity contribution is 0.0924. The third-order valence-corrected chi connectivity index (χ3v) is 5.66. The zero-order valence-corrected chi connectivity index (χ0v) is 18.6. The number of ether oxygens (including phenoxy) is 1. The lowest BCUT2D eigenvalue weighted by atomic mass is 10.1. The second-order valence-electron chi connectivity index (χ2n) is 8.19. The number of carbonyl (C=O) groups excluding carboxylic acids is 1. The summed E-state index contributed by atoms with van der Waals surface area (Å²) in [5.41, 5.74) is 7.27. The van der Waals surface area contributed by atoms with Crippen LogP contribution in [0.5, 0.6) is 11.5 Å². The van der Waals surface area contributed by atoms with Crippen LogP contribution in [0.15, 0.2) is 59.0 Å². The van der Waals surface area contributed by atoms with Crippen molar-refractivity contribution in [3.05, 3.63) is 93.7 Å². The summed E-state index contributed by atoms with van der Waals surface area (Å²) < 4.78 is 11.8. The molecule has 158 valence electrons. The minimum atomic E-state index is -0.207. The molecule has 0 fully saturated rings. The van der Waals surface area contributed by atoms with E-state index in [1.807, 2.05) is 57.2 Å². The average Bonchev–Trinajstić information content (AvgIpc) is 3.07. The highest BCUT2D eigenvalue weighted by Gasteiger charge is 2.18. The third-order valence-electron chi connectivity index (χ3n) is 5.66. The molecule has 0 aliphatic carbocycles. The maximum atomic E-state index is 12.7. The molecule has 31 heavy (non-hydrogen) atoms. The predicted molar refractivity (Wildman–Crippen MR) is 124 cm³/mol. The van der Waals surface area contributed by atoms with E-state index in [1.165, 1.54) is 11.1 Å². The third kappa shape index (κ3) is 4.33. The van der Waals surface area contributed by atoms with Crippen LogP contribution in [0.2, 0.25) is 0 Å². The highest BCUT2D eigenvalue weighted by atomic mass is 16.5. The smallest absolute Gasteiger partial charge is 0.287 e. The van der Waals surface area contributed by atoms with Crippen molar-refractivity contribution in [1.29, 1.82) is 0 Å². The molecule has 0 bridgehead atoms. The van der Waals surface area contributed by atoms with Gasteiger partial charge in [-0.25, -0.2) is 0 Å². The van der Waals surface area contributed by atoms with Gasteiger partial charge in [0, 0.05) is 17.5 Å². The monoisotopic (exact) mass is 413 g/mol. The van der Waals surface area contributed by atoms with Gasteiger partial charge in [-0.2, -0.15) is 0 Å². The molecule has 1 N–H and O–H groups in total. The van der Waals surface area contributed by atoms with Gasteiger partial charge in [-0.1, -0.05) is 24.3 Å². The Labute approximate surface area is 182 Å². The van der Waals surface area contributed by atoms with Crippen LogP contribution in [0.1, 0.15) is 43.9 Å². The maximum Gasteiger partial charge on any atom is 0.287 e. The van der Waals surface area contributed by atoms with Gasteiger partial charge in [0.05, 0.1) is 0 Å². The van der Waals surface area contributed by atoms with Gasteiger partial charge in [0.25, 0.3) is 5.91 Å². The Morgan fingerprint density at radius 2 is 1.55 bits per heavy atom. The van der Waals surface area contributed by atoms with Gasteiger partial charge in [0.15, 0.2) is 5.76 Å². The van der Waals surface area contributed by atoms with Crippen LogP contribution in [-0.2, 0) is 6.54 Å². The van der Waals surface area contributed by atoms with Crippen molar-refractivity contribution in [3.63, 3.8) is 0 Å². The number of hydrogen-bond donors (Lipinski definition) is 1. The summed E-state index contributed by atoms with van der Waals surface area (Å²) in [6.07, 6.45) is 0. The van der Waals surface area contributed by atoms with Crippen LogP contribution < -0.4 is 10.1 Å². The summed E-state index contributed by atoms with van der Waals surface area (Å²) in [7, 11) is 0. The molecule has 0 unspecified atom stereocenters. The van der Waals surface area contributed by atoms with Crippen LogP contribution in [-0.4, -0.2) is 5.91 Å². The minimum Gasteiger partial charge on any atom is -0.457 e. The molecule has 4 aromatic rings. The molecule has 0 aliphatic rings. The van der Waals surface area contributed by atoms with Gasteiger partial charge in [-0.3, -0.25) is 4.79 Å². The van der Waals surface area contributed by atoms with Crippen molar-refractivity contribution in [2.75, 3.05) is 0 Å². The SMILES string of the molecule is Cc1cc(C)c2oc(C(=O)NCc3ccc(Oc4ccc(C)c(C)c4)cc3)c(C)c2c1. The summed E-state index contributed by atoms with van der Waals surface area (Å²) in [4.78, 5) is 12.7. The van der Waals surface area contributed by atoms with Gasteiger partial charge in [0.2, 0.25) is 0 Å². The Morgan fingerprint density at radius 3 is 2.26 bits per heavy atom. The van der Waals surface area contributed by atoms with Gasteiger partial charge in [-0.15, -0.1) is 0 Å². The fourth-order valence-corrected chi connectivity index (χ4v) is 3.74. The number of carbonyl (C=O) groups is 1. The molecule has 0 saturated carbocycles. The Morgan fingerprint density at radius 1 is 0.839 bits per heavy atom. The van der Waals surface area contributed by atoms with E-state index in [2.05, 4.69) is 37.4 Å². The van der Waals surface area contributed by atoms with E-state index < -0.39 is 0 Å². The number of aryl methyl sites for hydroxylation is 5. The van der Waals surface area contributed by atoms with Gasteiger partial charge in [-0.05, 0) is 92.8 Å². The van der Waals surface area contributed by atoms with E-state index in [1.54, 1.807) is 0 Å². The molecule has 3 aromatic carbocycles. The largest absolute Gasteiger partial charge is 0.457 e. The van der Waals surface area contributed by atoms with Gasteiger partial charge in [0.1, 0.15) is 17.1 Å². The first-order valence-electron chi connectivity index (χ1n) is 10.4. The topological polar surface area (TPSA) is 51.5 Å². The first kappa shape index (κ1) is 20.7. The second kappa shape index (κ2) is 8.31. The van der Waals surface area contributed by atoms with Crippen LogP contribution in [0.3, 0.4) is 0 Å². The zero-order valence-electron chi connectivity index (χ0n) is 18.6. The number of furan rings is 1. The second-order valence-corrected chi connectivity index (χ2v) is 8.19. The Bertz CT molecular complexity index is 1270. The van der Waals surface area contributed by atoms with Crippen LogP contribution in [0, 0.1) is 34.6 Å². The number of hydrogen-bond acceptors (Lipinski definition) is 3. The van der Waals surface area contributed by atoms with E-state index in [0.717, 1.165) is 44.7 Å². The van der Waals surface area contributed by atoms with E-state index in [-0.39, 0.29) is 5.91 Å². The van der Waals surface area contributed by atoms with Crippen LogP contribution in [0.25, 0.3) is 11.0 Å². The molecule has 0 atom stereocenters. The van der Waals surface area contributed by atoms with Crippen molar-refractivity contribution in [2.45, 2.75) is 41.2 Å². The summed E-state index contributed by atoms with van der Waals surface area (Å²) in [6, 6.07) is 17.9. The number of rotatable bonds is 5. The number of fused-ring (bicyclic) bond motifs is 1. The summed E-state index contributed by atoms with van der Waals surface area (Å²) in [5, 5.41) is 3.96. The normalized spacial score (nSPS) is 11.0. The van der Waals surface area contributed by atoms with E-state index in [9.17, 15) is 4.79 Å². The first-order chi connectivity index (χ1) is 14.8. The van der Waals surface area contributed by atoms with Crippen molar-refractivity contribution in [3.8, 4) is 11.5 Å². The molecule has 4 heteroatoms. The lowest BCUT2D eigenvalue weighted by Crippen LogP contribution is -2.22. The summed E-state index contributed by atoms with van der Waals surface area (Å²) >= 11 is 0. The molecule has 0 radical (unpaired) electrons. The van der Waals surface area contributed by atoms with Gasteiger partial charge < -0.3 is 14.5 Å². The highest BCUT2D eigenvalue weighted by Crippen LogP contribution is 2.29. The zero-order chi connectivity index (χ0) is 22.1. The molecule has 1 aromatic heterocycles. The fraction of sp³-hybridized carbons (Fsp3) is 0.222. The standard InChI is InChI=1S/C27H27NO3/c1-16-12-19(4)25-24(13-16)20(5)26(31-25)27(29)28-15-21-7-10-22(11-8-21)30-23-9-6-17(2)18(3)14-23/h6-14H,15H2,1-5H3,(H,28,29). The average molecular weight is 414 g/mol. The fourth-order valence-electron chi connectivity index (χ4n) is 3.74. The number of benzene rings is 3. The molecular formula is C27H27NO3. The van der Waals surface area contributed by atoms with Gasteiger partial charge >= 0.3 is 0 Å². The summed E-state index contributed by atoms with van der Waals surface area (Å²) in [5.74, 6) is 1.74. The molecule has 0 spiro atoms. The molecule has 1 amide bonds. The molecule has 4 nitrogen and oxygen atoms in total. The summed E-state index contributed by atoms with van der Waals surface area (Å²) in [6.45, 7) is 10.5. The van der Waals surface area contributed by atoms with E-state index in [0.29, 0.717) is 12.3 Å². The van der Waals surface area contributed by atoms with Crippen LogP contribution in [0.4, 0.5) is 0 Å². The molecule has 4 rings (SSSR count). The molecule has 1 heterocycles. The number of nitrogens with one attached hydrogen (secondary N) is 1. The van der Waals surface area contributed by atoms with Crippen molar-refractivity contribution in [1.82, 2.24) is 5.32 Å². The van der Waals surface area contributed by atoms with E-state index in [4.69, 9.17) is 9.15 Å². The Hall–Kier alpha value is -3.53. The highest BCUT2D eigenvalue weighted by molar-refractivity contribution is 5.99. The first-order valence-corrected chi connectivity index (χ1v) is 10.4. The van der Waals surface area contributed by atoms with Crippen molar-refractivity contribution in [2.24, 2.45) is 0 Å². The Kier molecular flexibility index (Phi) is 5.55. The predicted octanol–water partition coefficient (Wildman–Crippen LogP) is 6.70. The number of amides is 1.